The van der Waals surface area contributed by atoms with Crippen LogP contribution in [0, 0.1) is 6.92 Å². The molecular formula is C16H22O3S. The Balaban J connectivity index is 1.58. The van der Waals surface area contributed by atoms with Crippen LogP contribution in [0.25, 0.3) is 0 Å². The lowest BCUT2D eigenvalue weighted by atomic mass is 10.1. The lowest BCUT2D eigenvalue weighted by molar-refractivity contribution is -0.145. The van der Waals surface area contributed by atoms with Crippen LogP contribution in [0.15, 0.2) is 24.3 Å². The maximum absolute atomic E-state index is 11.6. The van der Waals surface area contributed by atoms with Gasteiger partial charge in [0.2, 0.25) is 0 Å². The Kier molecular flexibility index (Phi) is 6.40. The Bertz CT molecular complexity index is 410. The van der Waals surface area contributed by atoms with Crippen LogP contribution in [-0.4, -0.2) is 31.0 Å². The summed E-state index contributed by atoms with van der Waals surface area (Å²) >= 11 is 1.59. The molecule has 1 atom stereocenters. The molecule has 1 aromatic rings. The number of benzene rings is 1. The molecule has 4 heteroatoms. The minimum Gasteiger partial charge on any atom is -0.462 e. The number of rotatable bonds is 6. The van der Waals surface area contributed by atoms with Gasteiger partial charge in [0.05, 0.1) is 11.9 Å². The van der Waals surface area contributed by atoms with Crippen LogP contribution < -0.4 is 0 Å². The molecule has 0 bridgehead atoms. The molecule has 1 aliphatic rings. The molecule has 1 saturated heterocycles. The molecule has 1 heterocycles. The minimum absolute atomic E-state index is 0.106. The van der Waals surface area contributed by atoms with Gasteiger partial charge in [0.15, 0.2) is 0 Å². The highest BCUT2D eigenvalue weighted by atomic mass is 32.2. The molecule has 0 spiro atoms. The van der Waals surface area contributed by atoms with Gasteiger partial charge in [-0.15, -0.1) is 11.8 Å². The van der Waals surface area contributed by atoms with Gasteiger partial charge in [-0.2, -0.15) is 0 Å². The summed E-state index contributed by atoms with van der Waals surface area (Å²) in [5.74, 6) is 1.10. The van der Waals surface area contributed by atoms with E-state index in [1.165, 1.54) is 17.5 Å². The van der Waals surface area contributed by atoms with Crippen LogP contribution in [0.4, 0.5) is 0 Å². The largest absolute Gasteiger partial charge is 0.462 e. The van der Waals surface area contributed by atoms with Crippen molar-refractivity contribution in [3.05, 3.63) is 35.4 Å². The Morgan fingerprint density at radius 2 is 2.15 bits per heavy atom. The van der Waals surface area contributed by atoms with E-state index >= 15 is 0 Å². The maximum Gasteiger partial charge on any atom is 0.315 e. The van der Waals surface area contributed by atoms with Crippen molar-refractivity contribution in [3.8, 4) is 0 Å². The second-order valence-electron chi connectivity index (χ2n) is 5.15. The minimum atomic E-state index is -0.142. The Morgan fingerprint density at radius 1 is 1.35 bits per heavy atom. The van der Waals surface area contributed by atoms with Crippen LogP contribution in [0.1, 0.15) is 30.4 Å². The lowest BCUT2D eigenvalue weighted by Gasteiger charge is -2.21. The van der Waals surface area contributed by atoms with Crippen LogP contribution >= 0.6 is 11.8 Å². The zero-order chi connectivity index (χ0) is 14.2. The van der Waals surface area contributed by atoms with E-state index in [4.69, 9.17) is 9.47 Å². The number of carbonyl (C=O) groups excluding carboxylic acids is 1. The van der Waals surface area contributed by atoms with Crippen molar-refractivity contribution in [2.45, 2.75) is 38.0 Å². The predicted molar refractivity (Wildman–Crippen MR) is 81.9 cm³/mol. The predicted octanol–water partition coefficient (Wildman–Crippen LogP) is 3.34. The maximum atomic E-state index is 11.6. The first-order valence-electron chi connectivity index (χ1n) is 7.14. The van der Waals surface area contributed by atoms with Crippen LogP contribution in [-0.2, 0) is 20.0 Å². The quantitative estimate of drug-likeness (QED) is 0.754. The number of hydrogen-bond acceptors (Lipinski definition) is 4. The van der Waals surface area contributed by atoms with Crippen molar-refractivity contribution in [3.63, 3.8) is 0 Å². The molecule has 0 N–H and O–H groups in total. The summed E-state index contributed by atoms with van der Waals surface area (Å²) in [6.07, 6.45) is 3.40. The van der Waals surface area contributed by atoms with E-state index in [-0.39, 0.29) is 12.1 Å². The average Bonchev–Trinajstić information content (AvgIpc) is 2.48. The molecule has 1 unspecified atom stereocenters. The second-order valence-corrected chi connectivity index (χ2v) is 6.14. The molecule has 0 aliphatic carbocycles. The summed E-state index contributed by atoms with van der Waals surface area (Å²) in [6.45, 7) is 3.27. The molecule has 1 aromatic carbocycles. The second kappa shape index (κ2) is 8.32. The Labute approximate surface area is 125 Å². The first-order chi connectivity index (χ1) is 9.74. The molecule has 0 aromatic heterocycles. The molecule has 2 rings (SSSR count). The van der Waals surface area contributed by atoms with E-state index in [1.54, 1.807) is 11.8 Å². The normalized spacial score (nSPS) is 18.8. The standard InChI is InChI=1S/C16H22O3S/c1-13-5-7-14(8-6-13)11-20-12-16(17)19-10-15-4-2-3-9-18-15/h5-8,15H,2-4,9-12H2,1H3. The first-order valence-corrected chi connectivity index (χ1v) is 8.30. The van der Waals surface area contributed by atoms with Gasteiger partial charge in [-0.05, 0) is 31.7 Å². The van der Waals surface area contributed by atoms with Crippen molar-refractivity contribution >= 4 is 17.7 Å². The highest BCUT2D eigenvalue weighted by Gasteiger charge is 2.15. The Hall–Kier alpha value is -1.00. The van der Waals surface area contributed by atoms with Crippen molar-refractivity contribution < 1.29 is 14.3 Å². The van der Waals surface area contributed by atoms with Gasteiger partial charge in [-0.25, -0.2) is 0 Å². The van der Waals surface area contributed by atoms with Crippen LogP contribution in [0.5, 0.6) is 0 Å². The summed E-state index contributed by atoms with van der Waals surface area (Å²) in [6, 6.07) is 8.39. The fraction of sp³-hybridized carbons (Fsp3) is 0.562. The van der Waals surface area contributed by atoms with E-state index in [2.05, 4.69) is 31.2 Å². The summed E-state index contributed by atoms with van der Waals surface area (Å²) in [4.78, 5) is 11.6. The van der Waals surface area contributed by atoms with E-state index < -0.39 is 0 Å². The van der Waals surface area contributed by atoms with Crippen LogP contribution in [0.2, 0.25) is 0 Å². The summed E-state index contributed by atoms with van der Waals surface area (Å²) in [7, 11) is 0. The van der Waals surface area contributed by atoms with E-state index in [0.29, 0.717) is 12.4 Å². The monoisotopic (exact) mass is 294 g/mol. The SMILES string of the molecule is Cc1ccc(CSCC(=O)OCC2CCCCO2)cc1. The highest BCUT2D eigenvalue weighted by Crippen LogP contribution is 2.15. The molecule has 1 aliphatic heterocycles. The molecule has 1 fully saturated rings. The smallest absolute Gasteiger partial charge is 0.315 e. The third-order valence-electron chi connectivity index (χ3n) is 3.31. The summed E-state index contributed by atoms with van der Waals surface area (Å²) < 4.78 is 10.8. The van der Waals surface area contributed by atoms with Gasteiger partial charge >= 0.3 is 5.97 Å². The average molecular weight is 294 g/mol. The van der Waals surface area contributed by atoms with Gasteiger partial charge in [0.25, 0.3) is 0 Å². The first kappa shape index (κ1) is 15.4. The third-order valence-corrected chi connectivity index (χ3v) is 4.29. The van der Waals surface area contributed by atoms with Crippen molar-refractivity contribution in [2.24, 2.45) is 0 Å². The number of aryl methyl sites for hydroxylation is 1. The van der Waals surface area contributed by atoms with Crippen molar-refractivity contribution in [1.29, 1.82) is 0 Å². The molecule has 0 amide bonds. The molecular weight excluding hydrogens is 272 g/mol. The fourth-order valence-corrected chi connectivity index (χ4v) is 2.88. The number of thioether (sulfide) groups is 1. The molecule has 3 nitrogen and oxygen atoms in total. The van der Waals surface area contributed by atoms with E-state index in [1.807, 2.05) is 0 Å². The summed E-state index contributed by atoms with van der Waals surface area (Å²) in [5, 5.41) is 0. The summed E-state index contributed by atoms with van der Waals surface area (Å²) in [5.41, 5.74) is 2.50. The topological polar surface area (TPSA) is 35.5 Å². The third kappa shape index (κ3) is 5.55. The number of hydrogen-bond donors (Lipinski definition) is 0. The number of ether oxygens (including phenoxy) is 2. The zero-order valence-electron chi connectivity index (χ0n) is 12.0. The van der Waals surface area contributed by atoms with E-state index in [0.717, 1.165) is 25.2 Å². The van der Waals surface area contributed by atoms with Gasteiger partial charge in [0.1, 0.15) is 6.61 Å². The lowest BCUT2D eigenvalue weighted by Crippen LogP contribution is -2.26. The Morgan fingerprint density at radius 3 is 2.85 bits per heavy atom. The highest BCUT2D eigenvalue weighted by molar-refractivity contribution is 7.99. The number of esters is 1. The molecule has 20 heavy (non-hydrogen) atoms. The van der Waals surface area contributed by atoms with Gasteiger partial charge in [-0.3, -0.25) is 4.79 Å². The molecule has 0 radical (unpaired) electrons. The van der Waals surface area contributed by atoms with Crippen LogP contribution in [0.3, 0.4) is 0 Å². The molecule has 0 saturated carbocycles. The van der Waals surface area contributed by atoms with Gasteiger partial charge < -0.3 is 9.47 Å². The van der Waals surface area contributed by atoms with Gasteiger partial charge in [-0.1, -0.05) is 29.8 Å². The fourth-order valence-electron chi connectivity index (χ4n) is 2.10. The van der Waals surface area contributed by atoms with E-state index in [9.17, 15) is 4.79 Å². The zero-order valence-corrected chi connectivity index (χ0v) is 12.8. The van der Waals surface area contributed by atoms with Gasteiger partial charge in [0, 0.05) is 12.4 Å². The number of carbonyl (C=O) groups is 1. The van der Waals surface area contributed by atoms with Crippen molar-refractivity contribution in [2.75, 3.05) is 19.0 Å². The molecule has 110 valence electrons. The van der Waals surface area contributed by atoms with Crippen molar-refractivity contribution in [1.82, 2.24) is 0 Å².